The number of aromatic nitrogens is 4. The quantitative estimate of drug-likeness (QED) is 0.873. The molecule has 0 saturated heterocycles. The van der Waals surface area contributed by atoms with Gasteiger partial charge >= 0.3 is 0 Å². The fourth-order valence-electron chi connectivity index (χ4n) is 3.32. The van der Waals surface area contributed by atoms with Crippen LogP contribution in [0.25, 0.3) is 0 Å². The van der Waals surface area contributed by atoms with Gasteiger partial charge in [-0.1, -0.05) is 13.0 Å². The minimum absolute atomic E-state index is 0.177. The number of rotatable bonds is 1. The second kappa shape index (κ2) is 4.76. The molecule has 6 heteroatoms. The molecule has 2 aromatic rings. The van der Waals surface area contributed by atoms with Gasteiger partial charge in [-0.2, -0.15) is 10.1 Å². The van der Waals surface area contributed by atoms with Crippen molar-refractivity contribution in [2.24, 2.45) is 5.92 Å². The Morgan fingerprint density at radius 1 is 1.32 bits per heavy atom. The van der Waals surface area contributed by atoms with E-state index in [2.05, 4.69) is 27.3 Å². The second-order valence-electron chi connectivity index (χ2n) is 6.04. The molecule has 2 unspecified atom stereocenters. The maximum Gasteiger partial charge on any atom is 0.226 e. The minimum Gasteiger partial charge on any atom is -0.328 e. The molecule has 2 aliphatic rings. The van der Waals surface area contributed by atoms with Crippen molar-refractivity contribution in [3.8, 4) is 0 Å². The zero-order valence-electron chi connectivity index (χ0n) is 12.6. The number of ketones is 1. The lowest BCUT2D eigenvalue weighted by Crippen LogP contribution is -2.33. The van der Waals surface area contributed by atoms with Crippen LogP contribution in [0.5, 0.6) is 0 Å². The summed E-state index contributed by atoms with van der Waals surface area (Å²) in [5.74, 6) is 1.90. The monoisotopic (exact) mass is 295 g/mol. The molecule has 22 heavy (non-hydrogen) atoms. The van der Waals surface area contributed by atoms with E-state index in [1.807, 2.05) is 25.1 Å². The summed E-state index contributed by atoms with van der Waals surface area (Å²) in [6.45, 7) is 3.95. The Labute approximate surface area is 128 Å². The Balaban J connectivity index is 1.92. The molecule has 0 fully saturated rings. The number of nitrogens with zero attached hydrogens (tertiary/aromatic N) is 4. The van der Waals surface area contributed by atoms with Crippen LogP contribution in [0, 0.1) is 12.8 Å². The van der Waals surface area contributed by atoms with Crippen molar-refractivity contribution in [1.29, 1.82) is 0 Å². The average molecular weight is 295 g/mol. The number of hydrogen-bond acceptors (Lipinski definition) is 5. The normalized spacial score (nSPS) is 23.8. The minimum atomic E-state index is -0.284. The maximum atomic E-state index is 12.7. The number of anilines is 1. The molecule has 0 bridgehead atoms. The molecule has 0 spiro atoms. The number of pyridine rings is 1. The van der Waals surface area contributed by atoms with Crippen LogP contribution >= 0.6 is 0 Å². The van der Waals surface area contributed by atoms with Crippen molar-refractivity contribution >= 4 is 11.7 Å². The van der Waals surface area contributed by atoms with Gasteiger partial charge in [-0.15, -0.1) is 0 Å². The number of hydrogen-bond donors (Lipinski definition) is 1. The molecule has 0 saturated carbocycles. The lowest BCUT2D eigenvalue weighted by atomic mass is 9.82. The zero-order chi connectivity index (χ0) is 15.3. The highest BCUT2D eigenvalue weighted by Gasteiger charge is 2.38. The molecule has 2 atom stereocenters. The van der Waals surface area contributed by atoms with Crippen LogP contribution in [-0.2, 0) is 4.79 Å². The molecular formula is C16H17N5O. The van der Waals surface area contributed by atoms with E-state index >= 15 is 0 Å². The fraction of sp³-hybridized carbons (Fsp3) is 0.375. The lowest BCUT2D eigenvalue weighted by Gasteiger charge is -2.33. The molecule has 0 aromatic carbocycles. The highest BCUT2D eigenvalue weighted by atomic mass is 16.1. The van der Waals surface area contributed by atoms with Crippen molar-refractivity contribution in [2.45, 2.75) is 32.7 Å². The van der Waals surface area contributed by atoms with Gasteiger partial charge in [0.05, 0.1) is 5.69 Å². The molecule has 1 N–H and O–H groups in total. The summed E-state index contributed by atoms with van der Waals surface area (Å²) in [6.07, 6.45) is 3.18. The third-order valence-corrected chi connectivity index (χ3v) is 4.20. The number of allylic oxidation sites excluding steroid dienone is 2. The summed E-state index contributed by atoms with van der Waals surface area (Å²) in [7, 11) is 0. The Morgan fingerprint density at radius 2 is 2.18 bits per heavy atom. The van der Waals surface area contributed by atoms with Gasteiger partial charge in [-0.25, -0.2) is 4.68 Å². The maximum absolute atomic E-state index is 12.7. The summed E-state index contributed by atoms with van der Waals surface area (Å²) in [5, 5.41) is 7.77. The Morgan fingerprint density at radius 3 is 2.95 bits per heavy atom. The van der Waals surface area contributed by atoms with Crippen molar-refractivity contribution < 1.29 is 4.79 Å². The van der Waals surface area contributed by atoms with Gasteiger partial charge in [-0.3, -0.25) is 9.78 Å². The van der Waals surface area contributed by atoms with Crippen LogP contribution in [0.15, 0.2) is 35.7 Å². The van der Waals surface area contributed by atoms with E-state index in [1.54, 1.807) is 10.9 Å². The summed E-state index contributed by atoms with van der Waals surface area (Å²) in [4.78, 5) is 21.5. The molecule has 1 aliphatic heterocycles. The summed E-state index contributed by atoms with van der Waals surface area (Å²) < 4.78 is 1.78. The molecule has 6 nitrogen and oxygen atoms in total. The second-order valence-corrected chi connectivity index (χ2v) is 6.04. The molecule has 112 valence electrons. The Bertz CT molecular complexity index is 777. The van der Waals surface area contributed by atoms with Gasteiger partial charge < -0.3 is 5.32 Å². The van der Waals surface area contributed by atoms with Gasteiger partial charge in [0.15, 0.2) is 5.78 Å². The largest absolute Gasteiger partial charge is 0.328 e. The van der Waals surface area contributed by atoms with E-state index in [-0.39, 0.29) is 11.8 Å². The van der Waals surface area contributed by atoms with E-state index in [4.69, 9.17) is 0 Å². The number of carbonyl (C=O) groups excluding carboxylic acids is 1. The highest BCUT2D eigenvalue weighted by Crippen LogP contribution is 2.40. The van der Waals surface area contributed by atoms with E-state index in [0.29, 0.717) is 24.1 Å². The van der Waals surface area contributed by atoms with Gasteiger partial charge in [0.2, 0.25) is 5.95 Å². The lowest BCUT2D eigenvalue weighted by molar-refractivity contribution is -0.117. The van der Waals surface area contributed by atoms with Crippen LogP contribution < -0.4 is 5.32 Å². The first-order valence-electron chi connectivity index (χ1n) is 7.51. The first-order chi connectivity index (χ1) is 10.6. The third-order valence-electron chi connectivity index (χ3n) is 4.20. The first-order valence-corrected chi connectivity index (χ1v) is 7.51. The van der Waals surface area contributed by atoms with Gasteiger partial charge in [-0.05, 0) is 31.4 Å². The molecule has 4 rings (SSSR count). The van der Waals surface area contributed by atoms with E-state index in [9.17, 15) is 4.79 Å². The summed E-state index contributed by atoms with van der Waals surface area (Å²) >= 11 is 0. The van der Waals surface area contributed by atoms with Gasteiger partial charge in [0.1, 0.15) is 11.9 Å². The molecule has 1 aliphatic carbocycles. The van der Waals surface area contributed by atoms with E-state index in [0.717, 1.165) is 23.4 Å². The Kier molecular flexibility index (Phi) is 2.85. The predicted octanol–water partition coefficient (Wildman–Crippen LogP) is 2.25. The zero-order valence-corrected chi connectivity index (χ0v) is 12.6. The Hall–Kier alpha value is -2.50. The first kappa shape index (κ1) is 13.2. The topological polar surface area (TPSA) is 72.7 Å². The predicted molar refractivity (Wildman–Crippen MR) is 81.2 cm³/mol. The van der Waals surface area contributed by atoms with Crippen LogP contribution in [0.3, 0.4) is 0 Å². The van der Waals surface area contributed by atoms with Crippen molar-refractivity contribution in [3.63, 3.8) is 0 Å². The summed E-state index contributed by atoms with van der Waals surface area (Å²) in [6, 6.07) is 5.46. The van der Waals surface area contributed by atoms with Crippen LogP contribution in [0.4, 0.5) is 5.95 Å². The average Bonchev–Trinajstić information content (AvgIpc) is 2.85. The van der Waals surface area contributed by atoms with Crippen molar-refractivity contribution in [1.82, 2.24) is 19.7 Å². The SMILES string of the molecule is Cc1nc2n(n1)C(c1ccccn1)C1=C(CC(C)CC1=O)N2. The molecular weight excluding hydrogens is 278 g/mol. The third kappa shape index (κ3) is 1.94. The molecule has 2 aromatic heterocycles. The fourth-order valence-corrected chi connectivity index (χ4v) is 3.32. The smallest absolute Gasteiger partial charge is 0.226 e. The van der Waals surface area contributed by atoms with Crippen LogP contribution in [0.2, 0.25) is 0 Å². The highest BCUT2D eigenvalue weighted by molar-refractivity contribution is 5.99. The number of nitrogens with one attached hydrogen (secondary N) is 1. The summed E-state index contributed by atoms with van der Waals surface area (Å²) in [5.41, 5.74) is 2.58. The number of aryl methyl sites for hydroxylation is 1. The number of fused-ring (bicyclic) bond motifs is 1. The number of carbonyl (C=O) groups is 1. The molecule has 0 amide bonds. The van der Waals surface area contributed by atoms with Gasteiger partial charge in [0.25, 0.3) is 0 Å². The molecule has 0 radical (unpaired) electrons. The van der Waals surface area contributed by atoms with Crippen LogP contribution in [0.1, 0.15) is 37.3 Å². The van der Waals surface area contributed by atoms with E-state index < -0.39 is 0 Å². The van der Waals surface area contributed by atoms with E-state index in [1.165, 1.54) is 0 Å². The standard InChI is InChI=1S/C16H17N5O/c1-9-7-12-14(13(22)8-9)15(11-5-3-4-6-17-11)21-16(19-12)18-10(2)20-21/h3-6,9,15H,7-8H2,1-2H3,(H,18,19,20). The van der Waals surface area contributed by atoms with Crippen LogP contribution in [-0.4, -0.2) is 25.5 Å². The number of Topliss-reactive ketones (excluding diaryl/α,β-unsaturated/α-hetero) is 1. The van der Waals surface area contributed by atoms with Crippen molar-refractivity contribution in [3.05, 3.63) is 47.2 Å². The van der Waals surface area contributed by atoms with Crippen molar-refractivity contribution in [2.75, 3.05) is 5.32 Å². The molecule has 3 heterocycles. The van der Waals surface area contributed by atoms with Gasteiger partial charge in [0, 0.05) is 23.9 Å².